The normalized spacial score (nSPS) is 10.5. The fourth-order valence-electron chi connectivity index (χ4n) is 2.46. The van der Waals surface area contributed by atoms with E-state index < -0.39 is 0 Å². The topological polar surface area (TPSA) is 74.8 Å². The summed E-state index contributed by atoms with van der Waals surface area (Å²) in [6, 6.07) is 18.9. The highest BCUT2D eigenvalue weighted by Gasteiger charge is 2.09. The van der Waals surface area contributed by atoms with E-state index in [0.717, 1.165) is 16.8 Å². The van der Waals surface area contributed by atoms with Gasteiger partial charge in [0.15, 0.2) is 5.16 Å². The zero-order valence-corrected chi connectivity index (χ0v) is 15.2. The summed E-state index contributed by atoms with van der Waals surface area (Å²) in [6.07, 6.45) is 0.0523. The summed E-state index contributed by atoms with van der Waals surface area (Å²) in [6.45, 7) is 1.96. The first-order valence-corrected chi connectivity index (χ1v) is 9.20. The quantitative estimate of drug-likeness (QED) is 0.517. The molecule has 6 heteroatoms. The summed E-state index contributed by atoms with van der Waals surface area (Å²) < 4.78 is 0. The van der Waals surface area contributed by atoms with E-state index in [1.54, 1.807) is 0 Å². The Morgan fingerprint density at radius 3 is 2.69 bits per heavy atom. The van der Waals surface area contributed by atoms with Crippen LogP contribution in [0.15, 0.2) is 70.6 Å². The summed E-state index contributed by atoms with van der Waals surface area (Å²) in [5, 5.41) is 3.34. The number of hydrogen-bond acceptors (Lipinski definition) is 4. The lowest BCUT2D eigenvalue weighted by Crippen LogP contribution is -2.18. The molecule has 0 spiro atoms. The molecule has 0 aliphatic carbocycles. The molecule has 1 heterocycles. The Morgan fingerprint density at radius 2 is 1.92 bits per heavy atom. The zero-order valence-electron chi connectivity index (χ0n) is 14.4. The minimum absolute atomic E-state index is 0.0523. The van der Waals surface area contributed by atoms with E-state index in [-0.39, 0.29) is 17.9 Å². The predicted octanol–water partition coefficient (Wildman–Crippen LogP) is 3.55. The number of benzene rings is 2. The van der Waals surface area contributed by atoms with Crippen molar-refractivity contribution in [2.24, 2.45) is 0 Å². The van der Waals surface area contributed by atoms with Crippen LogP contribution in [0.4, 0.5) is 5.69 Å². The molecule has 1 amide bonds. The molecule has 0 bridgehead atoms. The lowest BCUT2D eigenvalue weighted by atomic mass is 10.2. The predicted molar refractivity (Wildman–Crippen MR) is 104 cm³/mol. The number of anilines is 1. The van der Waals surface area contributed by atoms with Crippen molar-refractivity contribution in [2.45, 2.75) is 24.3 Å². The molecule has 0 radical (unpaired) electrons. The van der Waals surface area contributed by atoms with Crippen LogP contribution in [0.3, 0.4) is 0 Å². The number of aromatic amines is 1. The first-order valence-electron chi connectivity index (χ1n) is 8.22. The van der Waals surface area contributed by atoms with Crippen molar-refractivity contribution >= 4 is 23.4 Å². The van der Waals surface area contributed by atoms with E-state index in [2.05, 4.69) is 15.3 Å². The second-order valence-corrected chi connectivity index (χ2v) is 6.87. The average Bonchev–Trinajstić information content (AvgIpc) is 2.60. The molecule has 132 valence electrons. The molecule has 2 N–H and O–H groups in total. The largest absolute Gasteiger partial charge is 0.326 e. The number of amides is 1. The Bertz CT molecular complexity index is 955. The Hall–Kier alpha value is -2.86. The Kier molecular flexibility index (Phi) is 5.86. The summed E-state index contributed by atoms with van der Waals surface area (Å²) in [7, 11) is 0. The van der Waals surface area contributed by atoms with Gasteiger partial charge in [-0.1, -0.05) is 54.2 Å². The standard InChI is InChI=1S/C20H19N3O2S/c1-14-6-5-9-16(10-14)21-18(24)11-17-12-19(25)23-20(22-17)26-13-15-7-3-2-4-8-15/h2-10,12H,11,13H2,1H3,(H,21,24)(H,22,23,25). The van der Waals surface area contributed by atoms with Gasteiger partial charge in [-0.15, -0.1) is 0 Å². The molecule has 2 aromatic carbocycles. The number of H-pyrrole nitrogens is 1. The third-order valence-electron chi connectivity index (χ3n) is 3.63. The molecule has 0 aliphatic heterocycles. The second kappa shape index (κ2) is 8.49. The van der Waals surface area contributed by atoms with E-state index in [1.165, 1.54) is 17.8 Å². The molecule has 0 saturated carbocycles. The fourth-order valence-corrected chi connectivity index (χ4v) is 3.31. The van der Waals surface area contributed by atoms with Crippen LogP contribution < -0.4 is 10.9 Å². The highest BCUT2D eigenvalue weighted by atomic mass is 32.2. The van der Waals surface area contributed by atoms with Gasteiger partial charge in [0.05, 0.1) is 12.1 Å². The van der Waals surface area contributed by atoms with Crippen molar-refractivity contribution in [3.63, 3.8) is 0 Å². The average molecular weight is 365 g/mol. The number of nitrogens with zero attached hydrogens (tertiary/aromatic N) is 1. The smallest absolute Gasteiger partial charge is 0.251 e. The third kappa shape index (κ3) is 5.32. The maximum Gasteiger partial charge on any atom is 0.251 e. The molecular weight excluding hydrogens is 346 g/mol. The number of carbonyl (C=O) groups is 1. The molecular formula is C20H19N3O2S. The highest BCUT2D eigenvalue weighted by Crippen LogP contribution is 2.18. The van der Waals surface area contributed by atoms with Gasteiger partial charge in [-0.2, -0.15) is 0 Å². The van der Waals surface area contributed by atoms with Crippen molar-refractivity contribution in [3.8, 4) is 0 Å². The van der Waals surface area contributed by atoms with Crippen LogP contribution in [-0.2, 0) is 17.0 Å². The Morgan fingerprint density at radius 1 is 1.12 bits per heavy atom. The van der Waals surface area contributed by atoms with Gasteiger partial charge in [0.1, 0.15) is 0 Å². The molecule has 3 rings (SSSR count). The molecule has 5 nitrogen and oxygen atoms in total. The number of aryl methyl sites for hydroxylation is 1. The number of aromatic nitrogens is 2. The molecule has 0 saturated heterocycles. The van der Waals surface area contributed by atoms with Crippen LogP contribution in [0.5, 0.6) is 0 Å². The number of carbonyl (C=O) groups excluding carboxylic acids is 1. The van der Waals surface area contributed by atoms with Gasteiger partial charge in [0.2, 0.25) is 5.91 Å². The van der Waals surface area contributed by atoms with Crippen molar-refractivity contribution in [3.05, 3.63) is 87.8 Å². The van der Waals surface area contributed by atoms with E-state index in [9.17, 15) is 9.59 Å². The van der Waals surface area contributed by atoms with Crippen LogP contribution in [0.1, 0.15) is 16.8 Å². The lowest BCUT2D eigenvalue weighted by Gasteiger charge is -2.07. The van der Waals surface area contributed by atoms with E-state index in [1.807, 2.05) is 61.5 Å². The van der Waals surface area contributed by atoms with Crippen molar-refractivity contribution < 1.29 is 4.79 Å². The molecule has 0 atom stereocenters. The number of thioether (sulfide) groups is 1. The first-order chi connectivity index (χ1) is 12.6. The van der Waals surface area contributed by atoms with Gasteiger partial charge in [0.25, 0.3) is 5.56 Å². The van der Waals surface area contributed by atoms with Crippen LogP contribution in [0.2, 0.25) is 0 Å². The van der Waals surface area contributed by atoms with Crippen molar-refractivity contribution in [1.82, 2.24) is 9.97 Å². The summed E-state index contributed by atoms with van der Waals surface area (Å²) in [5.74, 6) is 0.496. The van der Waals surface area contributed by atoms with Crippen LogP contribution in [0, 0.1) is 6.92 Å². The molecule has 26 heavy (non-hydrogen) atoms. The van der Waals surface area contributed by atoms with Gasteiger partial charge in [0, 0.05) is 17.5 Å². The van der Waals surface area contributed by atoms with Gasteiger partial charge in [-0.25, -0.2) is 4.98 Å². The van der Waals surface area contributed by atoms with Gasteiger partial charge in [-0.05, 0) is 30.2 Å². The van der Waals surface area contributed by atoms with Crippen LogP contribution in [0.25, 0.3) is 0 Å². The van der Waals surface area contributed by atoms with Crippen LogP contribution in [-0.4, -0.2) is 15.9 Å². The van der Waals surface area contributed by atoms with Gasteiger partial charge in [-0.3, -0.25) is 9.59 Å². The summed E-state index contributed by atoms with van der Waals surface area (Å²) >= 11 is 1.44. The lowest BCUT2D eigenvalue weighted by molar-refractivity contribution is -0.115. The van der Waals surface area contributed by atoms with Crippen molar-refractivity contribution in [1.29, 1.82) is 0 Å². The monoisotopic (exact) mass is 365 g/mol. The third-order valence-corrected chi connectivity index (χ3v) is 4.58. The molecule has 0 fully saturated rings. The molecule has 0 unspecified atom stereocenters. The Balaban J connectivity index is 1.65. The summed E-state index contributed by atoms with van der Waals surface area (Å²) in [5.41, 5.74) is 3.14. The van der Waals surface area contributed by atoms with Crippen molar-refractivity contribution in [2.75, 3.05) is 5.32 Å². The highest BCUT2D eigenvalue weighted by molar-refractivity contribution is 7.98. The van der Waals surface area contributed by atoms with E-state index in [0.29, 0.717) is 16.6 Å². The SMILES string of the molecule is Cc1cccc(NC(=O)Cc2cc(=O)[nH]c(SCc3ccccc3)n2)c1. The second-order valence-electron chi connectivity index (χ2n) is 5.91. The Labute approximate surface area is 155 Å². The fraction of sp³-hybridized carbons (Fsp3) is 0.150. The van der Waals surface area contributed by atoms with Gasteiger partial charge < -0.3 is 10.3 Å². The first kappa shape index (κ1) is 17.9. The zero-order chi connectivity index (χ0) is 18.4. The maximum absolute atomic E-state index is 12.2. The number of hydrogen-bond donors (Lipinski definition) is 2. The minimum Gasteiger partial charge on any atom is -0.326 e. The molecule has 3 aromatic rings. The maximum atomic E-state index is 12.2. The number of rotatable bonds is 6. The molecule has 0 aliphatic rings. The van der Waals surface area contributed by atoms with Gasteiger partial charge >= 0.3 is 0 Å². The minimum atomic E-state index is -0.256. The number of nitrogens with one attached hydrogen (secondary N) is 2. The molecule has 1 aromatic heterocycles. The summed E-state index contributed by atoms with van der Waals surface area (Å²) in [4.78, 5) is 31.2. The van der Waals surface area contributed by atoms with E-state index in [4.69, 9.17) is 0 Å². The van der Waals surface area contributed by atoms with Crippen LogP contribution >= 0.6 is 11.8 Å². The van der Waals surface area contributed by atoms with E-state index >= 15 is 0 Å².